The van der Waals surface area contributed by atoms with Crippen LogP contribution in [0.5, 0.6) is 0 Å². The molecule has 1 atom stereocenters. The molecule has 1 aliphatic heterocycles. The van der Waals surface area contributed by atoms with Gasteiger partial charge >= 0.3 is 0 Å². The van der Waals surface area contributed by atoms with Crippen LogP contribution >= 0.6 is 11.6 Å². The summed E-state index contributed by atoms with van der Waals surface area (Å²) < 4.78 is 0. The first-order valence-electron chi connectivity index (χ1n) is 10.2. The van der Waals surface area contributed by atoms with E-state index in [4.69, 9.17) is 11.6 Å². The van der Waals surface area contributed by atoms with Crippen LogP contribution < -0.4 is 10.6 Å². The van der Waals surface area contributed by atoms with Crippen LogP contribution in [0.4, 0.5) is 0 Å². The number of nitrogens with one attached hydrogen (secondary N) is 2. The predicted molar refractivity (Wildman–Crippen MR) is 116 cm³/mol. The predicted octanol–water partition coefficient (Wildman–Crippen LogP) is 2.67. The average molecular weight is 428 g/mol. The number of halogens is 1. The van der Waals surface area contributed by atoms with Crippen molar-refractivity contribution in [2.24, 2.45) is 5.92 Å². The van der Waals surface area contributed by atoms with E-state index >= 15 is 0 Å². The van der Waals surface area contributed by atoms with Gasteiger partial charge in [-0.15, -0.1) is 0 Å². The van der Waals surface area contributed by atoms with Crippen molar-refractivity contribution in [3.05, 3.63) is 70.7 Å². The van der Waals surface area contributed by atoms with Gasteiger partial charge < -0.3 is 15.5 Å². The lowest BCUT2D eigenvalue weighted by atomic mass is 9.96. The van der Waals surface area contributed by atoms with Crippen molar-refractivity contribution in [2.75, 3.05) is 26.2 Å². The second kappa shape index (κ2) is 10.8. The molecule has 1 unspecified atom stereocenters. The molecule has 3 amide bonds. The van der Waals surface area contributed by atoms with Crippen LogP contribution in [0.25, 0.3) is 0 Å². The molecular weight excluding hydrogens is 402 g/mol. The highest BCUT2D eigenvalue weighted by Crippen LogP contribution is 2.18. The van der Waals surface area contributed by atoms with E-state index in [1.807, 2.05) is 30.3 Å². The Hall–Kier alpha value is -2.86. The molecule has 0 aromatic heterocycles. The number of carbonyl (C=O) groups is 3. The Morgan fingerprint density at radius 1 is 0.967 bits per heavy atom. The third kappa shape index (κ3) is 6.32. The number of nitrogens with zero attached hydrogens (tertiary/aromatic N) is 1. The Labute approximate surface area is 181 Å². The summed E-state index contributed by atoms with van der Waals surface area (Å²) in [6.45, 7) is 1.80. The van der Waals surface area contributed by atoms with Gasteiger partial charge in [-0.2, -0.15) is 0 Å². The Morgan fingerprint density at radius 3 is 2.40 bits per heavy atom. The van der Waals surface area contributed by atoms with E-state index in [-0.39, 0.29) is 23.6 Å². The van der Waals surface area contributed by atoms with Crippen LogP contribution in [-0.2, 0) is 16.0 Å². The van der Waals surface area contributed by atoms with Gasteiger partial charge in [0.1, 0.15) is 0 Å². The molecule has 1 fully saturated rings. The summed E-state index contributed by atoms with van der Waals surface area (Å²) in [7, 11) is 0. The molecule has 1 aliphatic rings. The van der Waals surface area contributed by atoms with Crippen LogP contribution in [0, 0.1) is 5.92 Å². The molecule has 0 bridgehead atoms. The zero-order valence-electron chi connectivity index (χ0n) is 16.8. The van der Waals surface area contributed by atoms with Crippen molar-refractivity contribution in [2.45, 2.75) is 19.3 Å². The summed E-state index contributed by atoms with van der Waals surface area (Å²) in [4.78, 5) is 38.9. The monoisotopic (exact) mass is 427 g/mol. The molecule has 30 heavy (non-hydrogen) atoms. The Balaban J connectivity index is 1.40. The quantitative estimate of drug-likeness (QED) is 0.667. The van der Waals surface area contributed by atoms with Crippen molar-refractivity contribution in [3.63, 3.8) is 0 Å². The molecule has 6 nitrogen and oxygen atoms in total. The molecule has 2 N–H and O–H groups in total. The first kappa shape index (κ1) is 21.8. The lowest BCUT2D eigenvalue weighted by Gasteiger charge is -2.32. The summed E-state index contributed by atoms with van der Waals surface area (Å²) in [5.74, 6) is -0.455. The van der Waals surface area contributed by atoms with E-state index in [9.17, 15) is 14.4 Å². The summed E-state index contributed by atoms with van der Waals surface area (Å²) in [6.07, 6.45) is 1.93. The average Bonchev–Trinajstić information content (AvgIpc) is 2.77. The van der Waals surface area contributed by atoms with E-state index in [0.29, 0.717) is 43.2 Å². The number of benzene rings is 2. The Morgan fingerprint density at radius 2 is 1.67 bits per heavy atom. The molecule has 0 spiro atoms. The van der Waals surface area contributed by atoms with Crippen LogP contribution in [0.15, 0.2) is 54.6 Å². The van der Waals surface area contributed by atoms with Gasteiger partial charge in [-0.05, 0) is 42.7 Å². The maximum atomic E-state index is 12.6. The maximum absolute atomic E-state index is 12.6. The summed E-state index contributed by atoms with van der Waals surface area (Å²) in [5.41, 5.74) is 1.50. The van der Waals surface area contributed by atoms with Crippen molar-refractivity contribution in [1.29, 1.82) is 0 Å². The maximum Gasteiger partial charge on any atom is 0.251 e. The summed E-state index contributed by atoms with van der Waals surface area (Å²) >= 11 is 5.82. The normalized spacial score (nSPS) is 16.0. The third-order valence-electron chi connectivity index (χ3n) is 5.16. The second-order valence-corrected chi connectivity index (χ2v) is 7.83. The minimum absolute atomic E-state index is 0.0499. The van der Waals surface area contributed by atoms with Gasteiger partial charge in [-0.25, -0.2) is 0 Å². The zero-order chi connectivity index (χ0) is 21.3. The second-order valence-electron chi connectivity index (χ2n) is 7.40. The highest BCUT2D eigenvalue weighted by molar-refractivity contribution is 6.30. The topological polar surface area (TPSA) is 78.5 Å². The molecule has 158 valence electrons. The summed E-state index contributed by atoms with van der Waals surface area (Å²) in [6, 6.07) is 16.3. The number of amides is 3. The molecule has 1 heterocycles. The first-order valence-corrected chi connectivity index (χ1v) is 10.5. The van der Waals surface area contributed by atoms with Gasteiger partial charge in [0.15, 0.2) is 0 Å². The number of carbonyl (C=O) groups excluding carboxylic acids is 3. The minimum atomic E-state index is -0.217. The van der Waals surface area contributed by atoms with E-state index in [0.717, 1.165) is 18.4 Å². The van der Waals surface area contributed by atoms with E-state index in [1.165, 1.54) is 0 Å². The van der Waals surface area contributed by atoms with Crippen molar-refractivity contribution >= 4 is 29.3 Å². The molecule has 7 heteroatoms. The number of hydrogen-bond acceptors (Lipinski definition) is 3. The fraction of sp³-hybridized carbons (Fsp3) is 0.348. The molecular formula is C23H26ClN3O3. The zero-order valence-corrected chi connectivity index (χ0v) is 17.5. The van der Waals surface area contributed by atoms with Crippen molar-refractivity contribution in [3.8, 4) is 0 Å². The van der Waals surface area contributed by atoms with Crippen molar-refractivity contribution in [1.82, 2.24) is 15.5 Å². The van der Waals surface area contributed by atoms with Gasteiger partial charge in [0.2, 0.25) is 11.8 Å². The number of rotatable bonds is 7. The molecule has 2 aromatic rings. The molecule has 0 radical (unpaired) electrons. The van der Waals surface area contributed by atoms with Gasteiger partial charge in [0.25, 0.3) is 5.91 Å². The third-order valence-corrected chi connectivity index (χ3v) is 5.41. The number of piperidine rings is 1. The number of hydrogen-bond donors (Lipinski definition) is 2. The van der Waals surface area contributed by atoms with E-state index in [2.05, 4.69) is 10.6 Å². The smallest absolute Gasteiger partial charge is 0.251 e. The molecule has 2 aromatic carbocycles. The van der Waals surface area contributed by atoms with Crippen LogP contribution in [0.1, 0.15) is 28.8 Å². The van der Waals surface area contributed by atoms with Crippen molar-refractivity contribution < 1.29 is 14.4 Å². The first-order chi connectivity index (χ1) is 14.5. The van der Waals surface area contributed by atoms with Gasteiger partial charge in [0.05, 0.1) is 12.3 Å². The fourth-order valence-electron chi connectivity index (χ4n) is 3.51. The van der Waals surface area contributed by atoms with Crippen LogP contribution in [0.3, 0.4) is 0 Å². The largest absolute Gasteiger partial charge is 0.354 e. The summed E-state index contributed by atoms with van der Waals surface area (Å²) in [5, 5.41) is 6.21. The standard InChI is InChI=1S/C23H26ClN3O3/c24-20-10-8-18(9-11-20)22(29)25-12-13-26-23(30)19-7-4-14-27(16-19)21(28)15-17-5-2-1-3-6-17/h1-3,5-6,8-11,19H,4,7,12-16H2,(H,25,29)(H,26,30). The molecule has 1 saturated heterocycles. The molecule has 0 aliphatic carbocycles. The van der Waals surface area contributed by atoms with Gasteiger partial charge in [0, 0.05) is 36.8 Å². The lowest BCUT2D eigenvalue weighted by Crippen LogP contribution is -2.47. The van der Waals surface area contributed by atoms with Gasteiger partial charge in [-0.3, -0.25) is 14.4 Å². The fourth-order valence-corrected chi connectivity index (χ4v) is 3.64. The highest BCUT2D eigenvalue weighted by Gasteiger charge is 2.28. The number of likely N-dealkylation sites (tertiary alicyclic amines) is 1. The molecule has 0 saturated carbocycles. The highest BCUT2D eigenvalue weighted by atomic mass is 35.5. The van der Waals surface area contributed by atoms with Gasteiger partial charge in [-0.1, -0.05) is 41.9 Å². The van der Waals surface area contributed by atoms with Crippen LogP contribution in [-0.4, -0.2) is 48.8 Å². The SMILES string of the molecule is O=C(NCCNC(=O)C1CCCN(C(=O)Cc2ccccc2)C1)c1ccc(Cl)cc1. The minimum Gasteiger partial charge on any atom is -0.354 e. The van der Waals surface area contributed by atoms with Crippen LogP contribution in [0.2, 0.25) is 5.02 Å². The van der Waals surface area contributed by atoms with E-state index < -0.39 is 0 Å². The Kier molecular flexibility index (Phi) is 7.85. The lowest BCUT2D eigenvalue weighted by molar-refractivity contribution is -0.135. The molecule has 3 rings (SSSR count). The Bertz CT molecular complexity index is 871. The van der Waals surface area contributed by atoms with E-state index in [1.54, 1.807) is 29.2 Å².